The van der Waals surface area contributed by atoms with Crippen molar-refractivity contribution in [2.75, 3.05) is 32.8 Å². The fourth-order valence-corrected chi connectivity index (χ4v) is 5.72. The highest BCUT2D eigenvalue weighted by Crippen LogP contribution is 2.31. The van der Waals surface area contributed by atoms with E-state index in [1.807, 2.05) is 71.0 Å². The van der Waals surface area contributed by atoms with E-state index in [-0.39, 0.29) is 36.0 Å². The molecule has 0 bridgehead atoms. The first-order valence-corrected chi connectivity index (χ1v) is 17.2. The molecule has 3 aromatic rings. The van der Waals surface area contributed by atoms with Crippen LogP contribution in [0.1, 0.15) is 62.5 Å². The first-order valence-electron chi connectivity index (χ1n) is 17.2. The number of para-hydroxylation sites is 1. The fourth-order valence-electron chi connectivity index (χ4n) is 5.72. The van der Waals surface area contributed by atoms with Gasteiger partial charge in [0.25, 0.3) is 11.8 Å². The van der Waals surface area contributed by atoms with Crippen molar-refractivity contribution in [1.82, 2.24) is 20.4 Å². The van der Waals surface area contributed by atoms with Crippen molar-refractivity contribution in [1.29, 1.82) is 0 Å². The molecule has 4 amide bonds. The summed E-state index contributed by atoms with van der Waals surface area (Å²) >= 11 is 0. The maximum atomic E-state index is 13.3. The third kappa shape index (κ3) is 11.3. The molecule has 0 spiro atoms. The molecule has 1 heterocycles. The number of piperazine rings is 1. The monoisotopic (exact) mass is 700 g/mol. The molecule has 3 N–H and O–H groups in total. The number of carbonyl (C=O) groups is 5. The van der Waals surface area contributed by atoms with E-state index in [9.17, 15) is 29.1 Å². The van der Waals surface area contributed by atoms with Gasteiger partial charge in [-0.15, -0.1) is 0 Å². The Balaban J connectivity index is 1.29. The van der Waals surface area contributed by atoms with E-state index in [2.05, 4.69) is 10.6 Å². The third-order valence-electron chi connectivity index (χ3n) is 8.44. The lowest BCUT2D eigenvalue weighted by Gasteiger charge is -2.34. The Hall–Kier alpha value is -5.39. The molecule has 12 nitrogen and oxygen atoms in total. The van der Waals surface area contributed by atoms with E-state index >= 15 is 0 Å². The minimum atomic E-state index is -1.28. The van der Waals surface area contributed by atoms with Crippen LogP contribution in [-0.4, -0.2) is 89.6 Å². The molecule has 1 aliphatic heterocycles. The number of nitrogens with one attached hydrogen (secondary N) is 2. The predicted octanol–water partition coefficient (Wildman–Crippen LogP) is 4.66. The molecule has 51 heavy (non-hydrogen) atoms. The average Bonchev–Trinajstić information content (AvgIpc) is 3.10. The molecule has 0 aliphatic carbocycles. The zero-order chi connectivity index (χ0) is 37.1. The van der Waals surface area contributed by atoms with Crippen molar-refractivity contribution in [2.45, 2.75) is 65.0 Å². The van der Waals surface area contributed by atoms with E-state index in [0.717, 1.165) is 5.56 Å². The van der Waals surface area contributed by atoms with Crippen LogP contribution in [0.5, 0.6) is 11.5 Å². The van der Waals surface area contributed by atoms with Crippen LogP contribution in [0.15, 0.2) is 78.9 Å². The van der Waals surface area contributed by atoms with Crippen LogP contribution in [0.4, 0.5) is 4.79 Å². The van der Waals surface area contributed by atoms with Crippen LogP contribution in [0.3, 0.4) is 0 Å². The third-order valence-corrected chi connectivity index (χ3v) is 8.44. The number of carboxylic acid groups (broad SMARTS) is 1. The summed E-state index contributed by atoms with van der Waals surface area (Å²) in [6.45, 7) is 11.0. The molecular formula is C39H48N4O8. The fraction of sp³-hybridized carbons (Fsp3) is 0.410. The largest absolute Gasteiger partial charge is 0.483 e. The lowest BCUT2D eigenvalue weighted by Crippen LogP contribution is -2.53. The molecule has 1 saturated heterocycles. The zero-order valence-electron chi connectivity index (χ0n) is 29.9. The van der Waals surface area contributed by atoms with Gasteiger partial charge < -0.3 is 35.0 Å². The number of benzene rings is 3. The Morgan fingerprint density at radius 1 is 0.784 bits per heavy atom. The van der Waals surface area contributed by atoms with Crippen molar-refractivity contribution in [3.63, 3.8) is 0 Å². The maximum absolute atomic E-state index is 13.3. The van der Waals surface area contributed by atoms with Crippen LogP contribution < -0.4 is 20.1 Å². The highest BCUT2D eigenvalue weighted by molar-refractivity contribution is 5.94. The number of hydrogen-bond acceptors (Lipinski definition) is 7. The van der Waals surface area contributed by atoms with E-state index in [4.69, 9.17) is 9.47 Å². The summed E-state index contributed by atoms with van der Waals surface area (Å²) in [4.78, 5) is 67.2. The van der Waals surface area contributed by atoms with E-state index in [1.165, 1.54) is 4.90 Å². The molecule has 1 aliphatic rings. The first-order chi connectivity index (χ1) is 24.2. The highest BCUT2D eigenvalue weighted by Gasteiger charge is 2.29. The number of rotatable bonds is 13. The Bertz CT molecular complexity index is 1660. The van der Waals surface area contributed by atoms with Gasteiger partial charge in [0, 0.05) is 38.2 Å². The summed E-state index contributed by atoms with van der Waals surface area (Å²) < 4.78 is 11.3. The molecule has 0 aromatic heterocycles. The van der Waals surface area contributed by atoms with Crippen molar-refractivity contribution in [3.8, 4) is 11.5 Å². The van der Waals surface area contributed by atoms with E-state index < -0.39 is 36.0 Å². The van der Waals surface area contributed by atoms with Crippen molar-refractivity contribution < 1.29 is 38.6 Å². The number of carbonyl (C=O) groups excluding carboxylic acids is 4. The number of nitrogens with zero attached hydrogens (tertiary/aromatic N) is 2. The highest BCUT2D eigenvalue weighted by atomic mass is 16.6. The number of carboxylic acids is 1. The zero-order valence-corrected chi connectivity index (χ0v) is 29.9. The topological polar surface area (TPSA) is 155 Å². The quantitative estimate of drug-likeness (QED) is 0.233. The lowest BCUT2D eigenvalue weighted by atomic mass is 9.86. The van der Waals surface area contributed by atoms with Crippen molar-refractivity contribution in [2.24, 2.45) is 5.92 Å². The number of ether oxygens (including phenoxy) is 2. The molecule has 4 rings (SSSR count). The van der Waals surface area contributed by atoms with Gasteiger partial charge in [0.1, 0.15) is 23.6 Å². The summed E-state index contributed by atoms with van der Waals surface area (Å²) in [6, 6.07) is 20.6. The Morgan fingerprint density at radius 3 is 2.00 bits per heavy atom. The van der Waals surface area contributed by atoms with Gasteiger partial charge >= 0.3 is 12.1 Å². The van der Waals surface area contributed by atoms with Gasteiger partial charge in [0.05, 0.1) is 0 Å². The van der Waals surface area contributed by atoms with Crippen LogP contribution >= 0.6 is 0 Å². The summed E-state index contributed by atoms with van der Waals surface area (Å²) in [7, 11) is 0. The van der Waals surface area contributed by atoms with Crippen molar-refractivity contribution in [3.05, 3.63) is 95.6 Å². The normalized spacial score (nSPS) is 14.3. The van der Waals surface area contributed by atoms with Crippen LogP contribution in [0.2, 0.25) is 0 Å². The van der Waals surface area contributed by atoms with Gasteiger partial charge in [0.15, 0.2) is 6.61 Å². The second kappa shape index (κ2) is 17.5. The van der Waals surface area contributed by atoms with Gasteiger partial charge in [-0.2, -0.15) is 0 Å². The summed E-state index contributed by atoms with van der Waals surface area (Å²) in [5.74, 6) is -1.56. The smallest absolute Gasteiger partial charge is 0.415 e. The number of hydrogen-bond donors (Lipinski definition) is 3. The predicted molar refractivity (Wildman–Crippen MR) is 192 cm³/mol. The van der Waals surface area contributed by atoms with Gasteiger partial charge in [-0.05, 0) is 59.2 Å². The molecule has 2 atom stereocenters. The first kappa shape index (κ1) is 38.4. The van der Waals surface area contributed by atoms with Crippen LogP contribution in [0, 0.1) is 5.92 Å². The minimum Gasteiger partial charge on any atom is -0.483 e. The van der Waals surface area contributed by atoms with Gasteiger partial charge in [-0.1, -0.05) is 83.1 Å². The molecule has 1 fully saturated rings. The second-order valence-electron chi connectivity index (χ2n) is 14.0. The van der Waals surface area contributed by atoms with E-state index in [0.29, 0.717) is 49.5 Å². The molecule has 12 heteroatoms. The summed E-state index contributed by atoms with van der Waals surface area (Å²) in [6.07, 6.45) is -0.296. The van der Waals surface area contributed by atoms with Crippen LogP contribution in [0.25, 0.3) is 0 Å². The Morgan fingerprint density at radius 2 is 1.39 bits per heavy atom. The molecule has 0 unspecified atom stereocenters. The van der Waals surface area contributed by atoms with Gasteiger partial charge in [-0.25, -0.2) is 9.59 Å². The second-order valence-corrected chi connectivity index (χ2v) is 14.0. The number of amides is 4. The molecule has 0 saturated carbocycles. The van der Waals surface area contributed by atoms with E-state index in [1.54, 1.807) is 47.4 Å². The number of aliphatic carboxylic acids is 1. The average molecular weight is 701 g/mol. The molecule has 0 radical (unpaired) electrons. The SMILES string of the molecule is CC(C)C[C@H](NC(=O)COc1ccccc1C(C)(C)C)C(=O)N[C@@H](Cc1ccc(OC(=O)N2CCN(C(=O)c3ccccc3)CC2)cc1)C(=O)O. The Labute approximate surface area is 299 Å². The summed E-state index contributed by atoms with van der Waals surface area (Å²) in [5, 5.41) is 15.2. The maximum Gasteiger partial charge on any atom is 0.415 e. The van der Waals surface area contributed by atoms with Crippen LogP contribution in [-0.2, 0) is 26.2 Å². The Kier molecular flexibility index (Phi) is 13.2. The summed E-state index contributed by atoms with van der Waals surface area (Å²) in [5.41, 5.74) is 1.93. The molecular weight excluding hydrogens is 652 g/mol. The molecule has 3 aromatic carbocycles. The van der Waals surface area contributed by atoms with Gasteiger partial charge in [0.2, 0.25) is 5.91 Å². The van der Waals surface area contributed by atoms with Crippen molar-refractivity contribution >= 4 is 29.8 Å². The minimum absolute atomic E-state index is 0.0303. The van der Waals surface area contributed by atoms with Gasteiger partial charge in [-0.3, -0.25) is 14.4 Å². The molecule has 272 valence electrons. The standard InChI is InChI=1S/C39H48N4O8/c1-26(2)23-31(40-34(44)25-50-33-14-10-9-13-30(33)39(3,4)5)35(45)41-32(37(47)48)24-27-15-17-29(18-16-27)51-38(49)43-21-19-42(20-22-43)36(46)28-11-7-6-8-12-28/h6-18,26,31-32H,19-25H2,1-5H3,(H,40,44)(H,41,45)(H,47,48)/t31-,32-/m0/s1. The lowest BCUT2D eigenvalue weighted by molar-refractivity contribution is -0.142.